The summed E-state index contributed by atoms with van der Waals surface area (Å²) in [6, 6.07) is 0. The topological polar surface area (TPSA) is 174 Å². The molecular weight excluding hydrogens is 346 g/mol. The summed E-state index contributed by atoms with van der Waals surface area (Å²) in [6.45, 7) is 0.703. The van der Waals surface area contributed by atoms with Crippen LogP contribution in [0.4, 0.5) is 0 Å². The Kier molecular flexibility index (Phi) is 3.69. The van der Waals surface area contributed by atoms with Gasteiger partial charge >= 0.3 is 5.69 Å². The fraction of sp³-hybridized carbons (Fsp3) is 0.500. The second-order valence-corrected chi connectivity index (χ2v) is 6.95. The Hall–Kier alpha value is -1.99. The number of rotatable bonds is 2. The van der Waals surface area contributed by atoms with Crippen molar-refractivity contribution in [3.05, 3.63) is 43.7 Å². The monoisotopic (exact) mass is 361 g/mol. The van der Waals surface area contributed by atoms with Crippen LogP contribution in [-0.4, -0.2) is 52.6 Å². The Morgan fingerprint density at radius 2 is 2.12 bits per heavy atom. The molecule has 0 aliphatic carbocycles. The lowest BCUT2D eigenvalue weighted by molar-refractivity contribution is -0.0591. The highest BCUT2D eigenvalue weighted by Crippen LogP contribution is 2.46. The molecular formula is C12H15N3O8S. The summed E-state index contributed by atoms with van der Waals surface area (Å²) in [4.78, 5) is 25.5. The number of hydrogen-bond donors (Lipinski definition) is 4. The van der Waals surface area contributed by atoms with E-state index in [0.29, 0.717) is 5.41 Å². The number of nitrogens with one attached hydrogen (secondary N) is 1. The molecule has 0 saturated carbocycles. The van der Waals surface area contributed by atoms with Crippen molar-refractivity contribution >= 4 is 10.1 Å². The van der Waals surface area contributed by atoms with E-state index < -0.39 is 52.0 Å². The normalized spacial score (nSPS) is 34.6. The van der Waals surface area contributed by atoms with Gasteiger partial charge in [0.15, 0.2) is 11.8 Å². The van der Waals surface area contributed by atoms with Crippen LogP contribution in [0.3, 0.4) is 0 Å². The lowest BCUT2D eigenvalue weighted by atomic mass is 9.89. The third kappa shape index (κ3) is 2.22. The molecule has 3 rings (SSSR count). The van der Waals surface area contributed by atoms with Crippen LogP contribution in [0.15, 0.2) is 26.9 Å². The van der Waals surface area contributed by atoms with Crippen molar-refractivity contribution in [3.63, 3.8) is 0 Å². The first-order chi connectivity index (χ1) is 11.1. The van der Waals surface area contributed by atoms with E-state index in [1.807, 2.05) is 4.98 Å². The van der Waals surface area contributed by atoms with Gasteiger partial charge in [-0.05, 0) is 6.92 Å². The highest BCUT2D eigenvalue weighted by atomic mass is 32.2. The molecule has 24 heavy (non-hydrogen) atoms. The fourth-order valence-electron chi connectivity index (χ4n) is 2.89. The molecule has 2 aliphatic heterocycles. The molecule has 0 amide bonds. The predicted molar refractivity (Wildman–Crippen MR) is 78.1 cm³/mol. The SMILES string of the molecule is Cc1cn([C@@H]2O[C@H](CO)[C@@]3(OS(=O)(=O)C=C3N)[C@H]2O)c(=O)[nH]c1=O. The van der Waals surface area contributed by atoms with Crippen LogP contribution in [0.2, 0.25) is 0 Å². The number of hydrogen-bond acceptors (Lipinski definition) is 9. The van der Waals surface area contributed by atoms with Crippen LogP contribution in [0.1, 0.15) is 11.8 Å². The quantitative estimate of drug-likeness (QED) is 0.400. The number of nitrogens with zero attached hydrogens (tertiary/aromatic N) is 1. The lowest BCUT2D eigenvalue weighted by Crippen LogP contribution is -2.53. The van der Waals surface area contributed by atoms with Gasteiger partial charge in [-0.2, -0.15) is 8.42 Å². The van der Waals surface area contributed by atoms with Gasteiger partial charge in [-0.25, -0.2) is 8.98 Å². The standard InChI is InChI=1S/C12H15N3O8S/c1-5-2-15(11(19)14-9(5)18)10-8(17)12(7(3-16)22-10)6(13)4-24(20,21)23-12/h2,4,7-8,10,16-17H,3,13H2,1H3,(H,14,18,19)/t7-,8+,10-,12-/m1/s1. The van der Waals surface area contributed by atoms with Crippen molar-refractivity contribution in [2.75, 3.05) is 6.61 Å². The summed E-state index contributed by atoms with van der Waals surface area (Å²) < 4.78 is 34.5. The number of aromatic nitrogens is 2. The summed E-state index contributed by atoms with van der Waals surface area (Å²) >= 11 is 0. The van der Waals surface area contributed by atoms with E-state index in [1.165, 1.54) is 6.92 Å². The van der Waals surface area contributed by atoms with Crippen molar-refractivity contribution in [2.45, 2.75) is 31.0 Å². The molecule has 1 spiro atoms. The number of H-pyrrole nitrogens is 1. The zero-order valence-corrected chi connectivity index (χ0v) is 13.2. The first-order valence-electron chi connectivity index (χ1n) is 6.82. The lowest BCUT2D eigenvalue weighted by Gasteiger charge is -2.30. The molecule has 2 aliphatic rings. The van der Waals surface area contributed by atoms with E-state index in [-0.39, 0.29) is 11.3 Å². The van der Waals surface area contributed by atoms with E-state index in [1.54, 1.807) is 0 Å². The number of nitrogens with two attached hydrogens (primary N) is 1. The Labute approximate surface area is 135 Å². The molecule has 3 heterocycles. The molecule has 1 fully saturated rings. The maximum absolute atomic E-state index is 12.0. The van der Waals surface area contributed by atoms with Crippen molar-refractivity contribution < 1.29 is 27.6 Å². The van der Waals surface area contributed by atoms with Gasteiger partial charge in [-0.3, -0.25) is 14.3 Å². The Bertz CT molecular complexity index is 932. The van der Waals surface area contributed by atoms with E-state index in [9.17, 15) is 28.2 Å². The van der Waals surface area contributed by atoms with Crippen LogP contribution in [0, 0.1) is 6.92 Å². The molecule has 5 N–H and O–H groups in total. The van der Waals surface area contributed by atoms with Crippen LogP contribution in [0.5, 0.6) is 0 Å². The highest BCUT2D eigenvalue weighted by Gasteiger charge is 2.64. The first-order valence-corrected chi connectivity index (χ1v) is 8.29. The largest absolute Gasteiger partial charge is 0.399 e. The van der Waals surface area contributed by atoms with Crippen LogP contribution in [-0.2, 0) is 19.0 Å². The minimum atomic E-state index is -4.18. The predicted octanol–water partition coefficient (Wildman–Crippen LogP) is -3.01. The smallest absolute Gasteiger partial charge is 0.330 e. The van der Waals surface area contributed by atoms with E-state index in [4.69, 9.17) is 14.7 Å². The number of aromatic amines is 1. The fourth-order valence-corrected chi connectivity index (χ4v) is 4.12. The minimum absolute atomic E-state index is 0.162. The molecule has 0 bridgehead atoms. The molecule has 1 aromatic heterocycles. The molecule has 4 atom stereocenters. The maximum atomic E-state index is 12.0. The number of aliphatic hydroxyl groups excluding tert-OH is 2. The summed E-state index contributed by atoms with van der Waals surface area (Å²) in [6.07, 6.45) is -3.35. The number of aryl methyl sites for hydroxylation is 1. The minimum Gasteiger partial charge on any atom is -0.399 e. The van der Waals surface area contributed by atoms with Crippen molar-refractivity contribution in [1.29, 1.82) is 0 Å². The summed E-state index contributed by atoms with van der Waals surface area (Å²) in [7, 11) is -4.18. The molecule has 1 saturated heterocycles. The molecule has 1 aromatic rings. The number of aliphatic hydroxyl groups is 2. The van der Waals surface area contributed by atoms with Gasteiger partial charge in [-0.15, -0.1) is 0 Å². The van der Waals surface area contributed by atoms with Gasteiger partial charge in [0.2, 0.25) is 0 Å². The zero-order valence-electron chi connectivity index (χ0n) is 12.4. The van der Waals surface area contributed by atoms with Crippen LogP contribution >= 0.6 is 0 Å². The number of ether oxygens (including phenoxy) is 1. The first kappa shape index (κ1) is 16.9. The van der Waals surface area contributed by atoms with E-state index in [2.05, 4.69) is 0 Å². The molecule has 0 aromatic carbocycles. The van der Waals surface area contributed by atoms with Crippen LogP contribution in [0.25, 0.3) is 0 Å². The third-order valence-corrected chi connectivity index (χ3v) is 5.10. The van der Waals surface area contributed by atoms with Gasteiger partial charge in [-0.1, -0.05) is 0 Å². The van der Waals surface area contributed by atoms with Gasteiger partial charge in [0.25, 0.3) is 15.7 Å². The molecule has 0 radical (unpaired) electrons. The van der Waals surface area contributed by atoms with Crippen molar-refractivity contribution in [3.8, 4) is 0 Å². The Morgan fingerprint density at radius 1 is 1.46 bits per heavy atom. The average Bonchev–Trinajstić information content (AvgIpc) is 2.89. The van der Waals surface area contributed by atoms with E-state index >= 15 is 0 Å². The molecule has 12 heteroatoms. The van der Waals surface area contributed by atoms with Gasteiger partial charge in [0.05, 0.1) is 17.7 Å². The van der Waals surface area contributed by atoms with Gasteiger partial charge in [0, 0.05) is 11.8 Å². The van der Waals surface area contributed by atoms with Crippen molar-refractivity contribution in [2.24, 2.45) is 5.73 Å². The molecule has 0 unspecified atom stereocenters. The molecule has 11 nitrogen and oxygen atoms in total. The second-order valence-electron chi connectivity index (χ2n) is 5.56. The zero-order chi connectivity index (χ0) is 17.9. The van der Waals surface area contributed by atoms with Crippen molar-refractivity contribution in [1.82, 2.24) is 9.55 Å². The Morgan fingerprint density at radius 3 is 2.67 bits per heavy atom. The van der Waals surface area contributed by atoms with Gasteiger partial charge in [0.1, 0.15) is 12.2 Å². The maximum Gasteiger partial charge on any atom is 0.330 e. The Balaban J connectivity index is 2.13. The second kappa shape index (κ2) is 5.26. The van der Waals surface area contributed by atoms with Gasteiger partial charge < -0.3 is 20.7 Å². The van der Waals surface area contributed by atoms with E-state index in [0.717, 1.165) is 10.8 Å². The summed E-state index contributed by atoms with van der Waals surface area (Å²) in [5.74, 6) is 0. The highest BCUT2D eigenvalue weighted by molar-refractivity contribution is 7.90. The average molecular weight is 361 g/mol. The molecule has 132 valence electrons. The van der Waals surface area contributed by atoms with Crippen LogP contribution < -0.4 is 17.0 Å². The third-order valence-electron chi connectivity index (χ3n) is 4.05. The summed E-state index contributed by atoms with van der Waals surface area (Å²) in [5.41, 5.74) is 1.96. The summed E-state index contributed by atoms with van der Waals surface area (Å²) in [5, 5.41) is 20.7.